The van der Waals surface area contributed by atoms with E-state index in [2.05, 4.69) is 0 Å². The Labute approximate surface area is 102 Å². The second-order valence-electron chi connectivity index (χ2n) is 4.32. The fourth-order valence-electron chi connectivity index (χ4n) is 1.95. The highest BCUT2D eigenvalue weighted by atomic mass is 16.4. The van der Waals surface area contributed by atoms with Gasteiger partial charge in [0.1, 0.15) is 0 Å². The van der Waals surface area contributed by atoms with Crippen molar-refractivity contribution in [1.82, 2.24) is 0 Å². The van der Waals surface area contributed by atoms with Crippen LogP contribution in [0.3, 0.4) is 0 Å². The molecule has 17 heavy (non-hydrogen) atoms. The van der Waals surface area contributed by atoms with Gasteiger partial charge in [0.25, 0.3) is 0 Å². The average molecular weight is 236 g/mol. The number of carbonyl (C=O) groups is 1. The molecule has 0 aliphatic heterocycles. The van der Waals surface area contributed by atoms with E-state index in [1.807, 2.05) is 37.3 Å². The second-order valence-corrected chi connectivity index (χ2v) is 4.32. The van der Waals surface area contributed by atoms with Gasteiger partial charge in [0.15, 0.2) is 0 Å². The normalized spacial score (nSPS) is 14.2. The largest absolute Gasteiger partial charge is 0.481 e. The number of hydrogen-bond donors (Lipinski definition) is 2. The van der Waals surface area contributed by atoms with Crippen LogP contribution in [-0.4, -0.2) is 22.3 Å². The van der Waals surface area contributed by atoms with Crippen LogP contribution in [0.1, 0.15) is 44.1 Å². The third-order valence-corrected chi connectivity index (χ3v) is 2.91. The summed E-state index contributed by atoms with van der Waals surface area (Å²) in [7, 11) is 0. The first-order chi connectivity index (χ1) is 8.15. The molecule has 0 saturated carbocycles. The van der Waals surface area contributed by atoms with Crippen LogP contribution in [0.2, 0.25) is 0 Å². The number of aliphatic hydroxyl groups is 1. The number of benzene rings is 1. The molecule has 0 saturated heterocycles. The van der Waals surface area contributed by atoms with Gasteiger partial charge >= 0.3 is 5.97 Å². The van der Waals surface area contributed by atoms with Crippen LogP contribution in [0.15, 0.2) is 30.3 Å². The van der Waals surface area contributed by atoms with Crippen LogP contribution in [0.25, 0.3) is 0 Å². The predicted octanol–water partition coefficient (Wildman–Crippen LogP) is 2.80. The molecule has 2 unspecified atom stereocenters. The van der Waals surface area contributed by atoms with Crippen molar-refractivity contribution in [3.63, 3.8) is 0 Å². The molecular weight excluding hydrogens is 216 g/mol. The summed E-state index contributed by atoms with van der Waals surface area (Å²) in [4.78, 5) is 11.2. The first-order valence-corrected chi connectivity index (χ1v) is 6.11. The molecule has 1 aromatic rings. The molecule has 0 aromatic heterocycles. The maximum atomic E-state index is 11.2. The van der Waals surface area contributed by atoms with Crippen LogP contribution in [-0.2, 0) is 4.79 Å². The molecule has 2 N–H and O–H groups in total. The number of carboxylic acids is 1. The van der Waals surface area contributed by atoms with Gasteiger partial charge in [-0.1, -0.05) is 43.7 Å². The molecule has 0 fully saturated rings. The van der Waals surface area contributed by atoms with Crippen molar-refractivity contribution < 1.29 is 15.0 Å². The molecule has 94 valence electrons. The Morgan fingerprint density at radius 3 is 2.35 bits per heavy atom. The van der Waals surface area contributed by atoms with Gasteiger partial charge in [0, 0.05) is 0 Å². The van der Waals surface area contributed by atoms with Crippen LogP contribution < -0.4 is 0 Å². The van der Waals surface area contributed by atoms with Gasteiger partial charge in [-0.15, -0.1) is 0 Å². The monoisotopic (exact) mass is 236 g/mol. The van der Waals surface area contributed by atoms with Gasteiger partial charge in [-0.2, -0.15) is 0 Å². The van der Waals surface area contributed by atoms with E-state index in [0.29, 0.717) is 12.8 Å². The maximum Gasteiger partial charge on any atom is 0.310 e. The SMILES string of the molecule is CCCC(O)CCC(C(=O)O)c1ccccc1. The predicted molar refractivity (Wildman–Crippen MR) is 67.0 cm³/mol. The van der Waals surface area contributed by atoms with Crippen molar-refractivity contribution >= 4 is 5.97 Å². The molecule has 0 bridgehead atoms. The fraction of sp³-hybridized carbons (Fsp3) is 0.500. The Hall–Kier alpha value is -1.35. The average Bonchev–Trinajstić information content (AvgIpc) is 2.30. The molecule has 0 radical (unpaired) electrons. The van der Waals surface area contributed by atoms with Crippen LogP contribution in [0.5, 0.6) is 0 Å². The molecule has 1 rings (SSSR count). The first-order valence-electron chi connectivity index (χ1n) is 6.11. The van der Waals surface area contributed by atoms with E-state index in [1.54, 1.807) is 0 Å². The minimum atomic E-state index is -0.820. The number of aliphatic carboxylic acids is 1. The van der Waals surface area contributed by atoms with Crippen LogP contribution in [0.4, 0.5) is 0 Å². The second kappa shape index (κ2) is 7.07. The Balaban J connectivity index is 2.59. The smallest absolute Gasteiger partial charge is 0.310 e. The third-order valence-electron chi connectivity index (χ3n) is 2.91. The molecule has 0 spiro atoms. The Morgan fingerprint density at radius 1 is 1.18 bits per heavy atom. The summed E-state index contributed by atoms with van der Waals surface area (Å²) in [6.07, 6.45) is 2.30. The van der Waals surface area contributed by atoms with E-state index in [9.17, 15) is 15.0 Å². The van der Waals surface area contributed by atoms with E-state index in [4.69, 9.17) is 0 Å². The molecule has 1 aromatic carbocycles. The molecule has 0 aliphatic rings. The van der Waals surface area contributed by atoms with E-state index in [1.165, 1.54) is 0 Å². The van der Waals surface area contributed by atoms with E-state index in [0.717, 1.165) is 18.4 Å². The van der Waals surface area contributed by atoms with Gasteiger partial charge < -0.3 is 10.2 Å². The Kier molecular flexibility index (Phi) is 5.70. The van der Waals surface area contributed by atoms with E-state index >= 15 is 0 Å². The zero-order valence-corrected chi connectivity index (χ0v) is 10.2. The lowest BCUT2D eigenvalue weighted by Gasteiger charge is -2.15. The summed E-state index contributed by atoms with van der Waals surface area (Å²) in [5, 5.41) is 18.8. The third kappa shape index (κ3) is 4.57. The van der Waals surface area contributed by atoms with Crippen molar-refractivity contribution in [3.05, 3.63) is 35.9 Å². The van der Waals surface area contributed by atoms with Crippen molar-refractivity contribution in [2.24, 2.45) is 0 Å². The lowest BCUT2D eigenvalue weighted by atomic mass is 9.92. The topological polar surface area (TPSA) is 57.5 Å². The van der Waals surface area contributed by atoms with E-state index in [-0.39, 0.29) is 6.10 Å². The zero-order valence-electron chi connectivity index (χ0n) is 10.2. The van der Waals surface area contributed by atoms with Crippen LogP contribution in [0, 0.1) is 0 Å². The van der Waals surface area contributed by atoms with Gasteiger partial charge in [-0.3, -0.25) is 4.79 Å². The highest BCUT2D eigenvalue weighted by Gasteiger charge is 2.20. The van der Waals surface area contributed by atoms with Crippen molar-refractivity contribution in [2.75, 3.05) is 0 Å². The quantitative estimate of drug-likeness (QED) is 0.765. The van der Waals surface area contributed by atoms with Gasteiger partial charge in [0.05, 0.1) is 12.0 Å². The molecule has 3 nitrogen and oxygen atoms in total. The van der Waals surface area contributed by atoms with Crippen molar-refractivity contribution in [3.8, 4) is 0 Å². The van der Waals surface area contributed by atoms with Gasteiger partial charge in [-0.25, -0.2) is 0 Å². The fourth-order valence-corrected chi connectivity index (χ4v) is 1.95. The molecular formula is C14H20O3. The first kappa shape index (κ1) is 13.7. The minimum Gasteiger partial charge on any atom is -0.481 e. The molecule has 0 heterocycles. The number of aliphatic hydroxyl groups excluding tert-OH is 1. The molecule has 2 atom stereocenters. The Bertz CT molecular complexity index is 335. The Morgan fingerprint density at radius 2 is 1.82 bits per heavy atom. The standard InChI is InChI=1S/C14H20O3/c1-2-6-12(15)9-10-13(14(16)17)11-7-4-3-5-8-11/h3-5,7-8,12-13,15H,2,6,9-10H2,1H3,(H,16,17). The summed E-state index contributed by atoms with van der Waals surface area (Å²) < 4.78 is 0. The lowest BCUT2D eigenvalue weighted by Crippen LogP contribution is -2.15. The molecule has 0 amide bonds. The number of rotatable bonds is 7. The van der Waals surface area contributed by atoms with Gasteiger partial charge in [-0.05, 0) is 24.8 Å². The number of carboxylic acid groups (broad SMARTS) is 1. The summed E-state index contributed by atoms with van der Waals surface area (Å²) in [5.41, 5.74) is 0.809. The lowest BCUT2D eigenvalue weighted by molar-refractivity contribution is -0.139. The summed E-state index contributed by atoms with van der Waals surface area (Å²) >= 11 is 0. The zero-order chi connectivity index (χ0) is 12.7. The molecule has 0 aliphatic carbocycles. The maximum absolute atomic E-state index is 11.2. The highest BCUT2D eigenvalue weighted by Crippen LogP contribution is 2.23. The number of hydrogen-bond acceptors (Lipinski definition) is 2. The van der Waals surface area contributed by atoms with Gasteiger partial charge in [0.2, 0.25) is 0 Å². The summed E-state index contributed by atoms with van der Waals surface area (Å²) in [6, 6.07) is 9.20. The van der Waals surface area contributed by atoms with Crippen molar-refractivity contribution in [1.29, 1.82) is 0 Å². The minimum absolute atomic E-state index is 0.384. The summed E-state index contributed by atoms with van der Waals surface area (Å²) in [5.74, 6) is -1.33. The summed E-state index contributed by atoms with van der Waals surface area (Å²) in [6.45, 7) is 2.01. The van der Waals surface area contributed by atoms with Crippen LogP contribution >= 0.6 is 0 Å². The van der Waals surface area contributed by atoms with Crippen molar-refractivity contribution in [2.45, 2.75) is 44.6 Å². The van der Waals surface area contributed by atoms with E-state index < -0.39 is 11.9 Å². The highest BCUT2D eigenvalue weighted by molar-refractivity contribution is 5.75. The molecule has 3 heteroatoms.